The molecule has 0 atom stereocenters. The van der Waals surface area contributed by atoms with E-state index in [1.54, 1.807) is 23.6 Å². The number of nitrogens with zero attached hydrogens (tertiary/aromatic N) is 1. The Morgan fingerprint density at radius 2 is 2.30 bits per heavy atom. The number of ether oxygens (including phenoxy) is 1. The number of thiophene rings is 1. The molecule has 0 fully saturated rings. The first kappa shape index (κ1) is 13.9. The van der Waals surface area contributed by atoms with Gasteiger partial charge in [0.1, 0.15) is 11.8 Å². The summed E-state index contributed by atoms with van der Waals surface area (Å²) in [6, 6.07) is 10.8. The molecule has 0 saturated heterocycles. The highest BCUT2D eigenvalue weighted by atomic mass is 32.1. The number of nitriles is 1. The van der Waals surface area contributed by atoms with Crippen LogP contribution in [0.25, 0.3) is 0 Å². The van der Waals surface area contributed by atoms with Crippen LogP contribution in [0.2, 0.25) is 0 Å². The van der Waals surface area contributed by atoms with Crippen LogP contribution in [0.3, 0.4) is 0 Å². The van der Waals surface area contributed by atoms with Crippen LogP contribution >= 0.6 is 11.3 Å². The zero-order valence-corrected chi connectivity index (χ0v) is 11.3. The zero-order valence-electron chi connectivity index (χ0n) is 10.5. The van der Waals surface area contributed by atoms with Crippen LogP contribution in [0.15, 0.2) is 35.7 Å². The van der Waals surface area contributed by atoms with Gasteiger partial charge in [-0.25, -0.2) is 4.79 Å². The maximum atomic E-state index is 10.8. The average Bonchev–Trinajstić information content (AvgIpc) is 2.92. The Hall–Kier alpha value is -2.52. The molecular weight excluding hydrogens is 276 g/mol. The number of rotatable bonds is 6. The van der Waals surface area contributed by atoms with Gasteiger partial charge in [0.2, 0.25) is 0 Å². The van der Waals surface area contributed by atoms with Crippen molar-refractivity contribution in [2.45, 2.75) is 6.54 Å². The lowest BCUT2D eigenvalue weighted by atomic mass is 10.3. The summed E-state index contributed by atoms with van der Waals surface area (Å²) in [5.74, 6) is -0.298. The van der Waals surface area contributed by atoms with Crippen molar-refractivity contribution >= 4 is 23.0 Å². The minimum Gasteiger partial charge on any atom is -0.479 e. The zero-order chi connectivity index (χ0) is 14.4. The van der Waals surface area contributed by atoms with E-state index in [9.17, 15) is 4.79 Å². The Labute approximate surface area is 120 Å². The summed E-state index contributed by atoms with van der Waals surface area (Å²) in [6.45, 7) is 0.552. The fourth-order valence-corrected chi connectivity index (χ4v) is 2.38. The van der Waals surface area contributed by atoms with E-state index < -0.39 is 5.97 Å². The van der Waals surface area contributed by atoms with Gasteiger partial charge in [-0.3, -0.25) is 0 Å². The van der Waals surface area contributed by atoms with Gasteiger partial charge in [0, 0.05) is 28.6 Å². The SMILES string of the molecule is N#CCOc1cccc(NCc2cc(C(=O)O)cs2)c1. The van der Waals surface area contributed by atoms with Crippen LogP contribution < -0.4 is 10.1 Å². The fourth-order valence-electron chi connectivity index (χ4n) is 1.59. The predicted octanol–water partition coefficient (Wildman–Crippen LogP) is 2.96. The van der Waals surface area contributed by atoms with E-state index in [4.69, 9.17) is 15.1 Å². The highest BCUT2D eigenvalue weighted by molar-refractivity contribution is 7.10. The molecule has 0 unspecified atom stereocenters. The smallest absolute Gasteiger partial charge is 0.336 e. The van der Waals surface area contributed by atoms with E-state index in [0.29, 0.717) is 17.9 Å². The average molecular weight is 288 g/mol. The summed E-state index contributed by atoms with van der Waals surface area (Å²) in [7, 11) is 0. The molecule has 5 nitrogen and oxygen atoms in total. The lowest BCUT2D eigenvalue weighted by molar-refractivity contribution is 0.0697. The van der Waals surface area contributed by atoms with Crippen molar-refractivity contribution in [3.8, 4) is 11.8 Å². The number of aromatic carboxylic acids is 1. The number of hydrogen-bond donors (Lipinski definition) is 2. The Balaban J connectivity index is 1.96. The molecule has 0 aliphatic rings. The first-order valence-electron chi connectivity index (χ1n) is 5.83. The summed E-state index contributed by atoms with van der Waals surface area (Å²) in [4.78, 5) is 11.7. The molecule has 102 valence electrons. The molecule has 2 aromatic rings. The monoisotopic (exact) mass is 288 g/mol. The largest absolute Gasteiger partial charge is 0.479 e. The minimum absolute atomic E-state index is 0.0103. The summed E-state index contributed by atoms with van der Waals surface area (Å²) in [5, 5.41) is 22.1. The fraction of sp³-hybridized carbons (Fsp3) is 0.143. The highest BCUT2D eigenvalue weighted by Gasteiger charge is 2.06. The highest BCUT2D eigenvalue weighted by Crippen LogP contribution is 2.20. The standard InChI is InChI=1S/C14H12N2O3S/c15-4-5-19-12-3-1-2-11(7-12)16-8-13-6-10(9-20-13)14(17)18/h1-3,6-7,9,16H,5,8H2,(H,17,18). The molecule has 0 aliphatic carbocycles. The number of carboxylic acid groups (broad SMARTS) is 1. The van der Waals surface area contributed by atoms with E-state index >= 15 is 0 Å². The number of carboxylic acids is 1. The van der Waals surface area contributed by atoms with E-state index in [1.165, 1.54) is 11.3 Å². The summed E-state index contributed by atoms with van der Waals surface area (Å²) in [6.07, 6.45) is 0. The van der Waals surface area contributed by atoms with Gasteiger partial charge in [-0.2, -0.15) is 5.26 Å². The van der Waals surface area contributed by atoms with Crippen molar-refractivity contribution in [2.24, 2.45) is 0 Å². The normalized spacial score (nSPS) is 9.75. The van der Waals surface area contributed by atoms with E-state index in [2.05, 4.69) is 5.32 Å². The van der Waals surface area contributed by atoms with Crippen molar-refractivity contribution in [1.29, 1.82) is 5.26 Å². The van der Waals surface area contributed by atoms with Crippen LogP contribution in [0.4, 0.5) is 5.69 Å². The molecule has 0 bridgehead atoms. The third kappa shape index (κ3) is 3.73. The van der Waals surface area contributed by atoms with Crippen molar-refractivity contribution < 1.29 is 14.6 Å². The first-order chi connectivity index (χ1) is 9.69. The Kier molecular flexibility index (Phi) is 4.58. The van der Waals surface area contributed by atoms with Crippen molar-refractivity contribution in [3.05, 3.63) is 46.2 Å². The molecule has 0 spiro atoms. The molecule has 0 amide bonds. The van der Waals surface area contributed by atoms with Gasteiger partial charge in [0.15, 0.2) is 6.61 Å². The van der Waals surface area contributed by atoms with E-state index in [1.807, 2.05) is 18.2 Å². The van der Waals surface area contributed by atoms with Crippen LogP contribution in [-0.2, 0) is 6.54 Å². The van der Waals surface area contributed by atoms with Gasteiger partial charge in [-0.15, -0.1) is 11.3 Å². The lowest BCUT2D eigenvalue weighted by Crippen LogP contribution is -1.99. The molecule has 1 aromatic carbocycles. The molecule has 1 heterocycles. The molecule has 2 N–H and O–H groups in total. The molecule has 20 heavy (non-hydrogen) atoms. The van der Waals surface area contributed by atoms with Crippen molar-refractivity contribution in [3.63, 3.8) is 0 Å². The van der Waals surface area contributed by atoms with Gasteiger partial charge in [0.25, 0.3) is 0 Å². The van der Waals surface area contributed by atoms with Gasteiger partial charge < -0.3 is 15.2 Å². The second kappa shape index (κ2) is 6.59. The maximum Gasteiger partial charge on any atom is 0.336 e. The topological polar surface area (TPSA) is 82.3 Å². The van der Waals surface area contributed by atoms with Crippen LogP contribution in [0.1, 0.15) is 15.2 Å². The van der Waals surface area contributed by atoms with Gasteiger partial charge in [-0.05, 0) is 18.2 Å². The van der Waals surface area contributed by atoms with E-state index in [-0.39, 0.29) is 6.61 Å². The summed E-state index contributed by atoms with van der Waals surface area (Å²) < 4.78 is 5.21. The van der Waals surface area contributed by atoms with Crippen molar-refractivity contribution in [2.75, 3.05) is 11.9 Å². The number of benzene rings is 1. The van der Waals surface area contributed by atoms with Crippen molar-refractivity contribution in [1.82, 2.24) is 0 Å². The van der Waals surface area contributed by atoms with Crippen LogP contribution in [0.5, 0.6) is 5.75 Å². The van der Waals surface area contributed by atoms with Crippen LogP contribution in [0, 0.1) is 11.3 Å². The quantitative estimate of drug-likeness (QED) is 0.854. The minimum atomic E-state index is -0.917. The molecule has 0 saturated carbocycles. The number of nitrogens with one attached hydrogen (secondary N) is 1. The molecule has 1 aromatic heterocycles. The molecule has 2 rings (SSSR count). The molecule has 0 radical (unpaired) electrons. The third-order valence-corrected chi connectivity index (χ3v) is 3.44. The second-order valence-electron chi connectivity index (χ2n) is 3.94. The number of carbonyl (C=O) groups is 1. The molecule has 0 aliphatic heterocycles. The Morgan fingerprint density at radius 1 is 1.45 bits per heavy atom. The first-order valence-corrected chi connectivity index (χ1v) is 6.71. The van der Waals surface area contributed by atoms with Gasteiger partial charge in [0.05, 0.1) is 5.56 Å². The summed E-state index contributed by atoms with van der Waals surface area (Å²) >= 11 is 1.40. The molecule has 6 heteroatoms. The Morgan fingerprint density at radius 3 is 3.00 bits per heavy atom. The molecular formula is C14H12N2O3S. The number of hydrogen-bond acceptors (Lipinski definition) is 5. The van der Waals surface area contributed by atoms with Crippen LogP contribution in [-0.4, -0.2) is 17.7 Å². The maximum absolute atomic E-state index is 10.8. The third-order valence-electron chi connectivity index (χ3n) is 2.50. The Bertz CT molecular complexity index is 646. The predicted molar refractivity (Wildman–Crippen MR) is 76.2 cm³/mol. The second-order valence-corrected chi connectivity index (χ2v) is 4.93. The van der Waals surface area contributed by atoms with Gasteiger partial charge in [-0.1, -0.05) is 6.07 Å². The van der Waals surface area contributed by atoms with E-state index in [0.717, 1.165) is 10.6 Å². The lowest BCUT2D eigenvalue weighted by Gasteiger charge is -2.07. The van der Waals surface area contributed by atoms with Gasteiger partial charge >= 0.3 is 5.97 Å². The summed E-state index contributed by atoms with van der Waals surface area (Å²) in [5.41, 5.74) is 1.16. The number of anilines is 1.